The van der Waals surface area contributed by atoms with Crippen LogP contribution in [0.15, 0.2) is 4.99 Å². The molecule has 0 aromatic carbocycles. The van der Waals surface area contributed by atoms with E-state index in [2.05, 4.69) is 18.8 Å². The summed E-state index contributed by atoms with van der Waals surface area (Å²) in [6, 6.07) is 0. The highest BCUT2D eigenvalue weighted by atomic mass is 35.5. The first-order chi connectivity index (χ1) is 8.69. The number of nitrogens with zero attached hydrogens (tertiary/aromatic N) is 1. The zero-order chi connectivity index (χ0) is 14.4. The van der Waals surface area contributed by atoms with Gasteiger partial charge in [0.15, 0.2) is 0 Å². The first kappa shape index (κ1) is 19.9. The molecule has 0 spiro atoms. The predicted molar refractivity (Wildman–Crippen MR) is 79.9 cm³/mol. The fourth-order valence-electron chi connectivity index (χ4n) is 1.68. The minimum atomic E-state index is -0.399. The Kier molecular flexibility index (Phi) is 16.2. The topological polar surface area (TPSA) is 38.7 Å². The van der Waals surface area contributed by atoms with Crippen LogP contribution < -0.4 is 0 Å². The van der Waals surface area contributed by atoms with Gasteiger partial charge in [-0.05, 0) is 25.2 Å². The molecule has 0 amide bonds. The third-order valence-corrected chi connectivity index (χ3v) is 2.87. The van der Waals surface area contributed by atoms with Crippen molar-refractivity contribution in [2.24, 2.45) is 10.9 Å². The molecule has 108 valence electrons. The third-order valence-electron chi connectivity index (χ3n) is 2.59. The van der Waals surface area contributed by atoms with Crippen molar-refractivity contribution in [3.63, 3.8) is 0 Å². The van der Waals surface area contributed by atoms with E-state index in [1.165, 1.54) is 0 Å². The number of hydrogen-bond acceptors (Lipinski definition) is 3. The summed E-state index contributed by atoms with van der Waals surface area (Å²) in [5.74, 6) is 0.314. The van der Waals surface area contributed by atoms with Crippen molar-refractivity contribution in [1.82, 2.24) is 0 Å². The average molecular weight is 278 g/mol. The zero-order valence-corrected chi connectivity index (χ0v) is 13.2. The number of carbonyl (C=O) groups is 1. The van der Waals surface area contributed by atoms with Crippen LogP contribution in [0.1, 0.15) is 47.0 Å². The molecule has 0 bridgehead atoms. The van der Waals surface area contributed by atoms with Crippen LogP contribution in [0.5, 0.6) is 0 Å². The van der Waals surface area contributed by atoms with Gasteiger partial charge < -0.3 is 9.53 Å². The Bertz CT molecular complexity index is 220. The van der Waals surface area contributed by atoms with Crippen molar-refractivity contribution in [3.05, 3.63) is 0 Å². The summed E-state index contributed by atoms with van der Waals surface area (Å²) >= 11 is 5.85. The third kappa shape index (κ3) is 9.60. The fourth-order valence-corrected chi connectivity index (χ4v) is 1.89. The van der Waals surface area contributed by atoms with E-state index >= 15 is 0 Å². The summed E-state index contributed by atoms with van der Waals surface area (Å²) in [5.41, 5.74) is 1.15. The van der Waals surface area contributed by atoms with E-state index in [9.17, 15) is 4.79 Å². The molecule has 0 aromatic rings. The maximum Gasteiger partial charge on any atom is 0.137 e. The quantitative estimate of drug-likeness (QED) is 0.279. The van der Waals surface area contributed by atoms with E-state index in [1.54, 1.807) is 7.11 Å². The molecular weight excluding hydrogens is 250 g/mol. The summed E-state index contributed by atoms with van der Waals surface area (Å²) in [6.45, 7) is 9.50. The van der Waals surface area contributed by atoms with Gasteiger partial charge in [0.2, 0.25) is 0 Å². The molecule has 3 nitrogen and oxygen atoms in total. The number of ether oxygens (including phenoxy) is 1. The van der Waals surface area contributed by atoms with Gasteiger partial charge in [0.1, 0.15) is 6.29 Å². The van der Waals surface area contributed by atoms with Crippen molar-refractivity contribution < 1.29 is 9.53 Å². The maximum absolute atomic E-state index is 10.5. The Balaban J connectivity index is 0. The number of hydrogen-bond donors (Lipinski definition) is 0. The van der Waals surface area contributed by atoms with Crippen LogP contribution in [0.4, 0.5) is 0 Å². The first-order valence-electron chi connectivity index (χ1n) is 6.81. The van der Waals surface area contributed by atoms with Crippen LogP contribution in [-0.4, -0.2) is 37.6 Å². The second-order valence-electron chi connectivity index (χ2n) is 3.71. The SMILES string of the molecule is CC.CCC(=NCCOC)C(CC)CC(Cl)C=O. The lowest BCUT2D eigenvalue weighted by Gasteiger charge is -2.17. The molecule has 0 saturated heterocycles. The standard InChI is InChI=1S/C12H22ClNO2.C2H6/c1-4-10(8-11(13)9-15)12(5-2)14-6-7-16-3;1-2/h9-11H,4-8H2,1-3H3;1-2H3. The van der Waals surface area contributed by atoms with Gasteiger partial charge in [0.25, 0.3) is 0 Å². The van der Waals surface area contributed by atoms with Crippen LogP contribution in [-0.2, 0) is 9.53 Å². The van der Waals surface area contributed by atoms with Crippen LogP contribution in [0.3, 0.4) is 0 Å². The molecule has 0 saturated carbocycles. The Hall–Kier alpha value is -0.410. The molecule has 2 unspecified atom stereocenters. The number of carbonyl (C=O) groups excluding carboxylic acids is 1. The Morgan fingerprint density at radius 1 is 1.39 bits per heavy atom. The van der Waals surface area contributed by atoms with Crippen LogP contribution in [0, 0.1) is 5.92 Å². The van der Waals surface area contributed by atoms with Gasteiger partial charge in [-0.25, -0.2) is 0 Å². The molecule has 0 heterocycles. The van der Waals surface area contributed by atoms with E-state index in [-0.39, 0.29) is 0 Å². The van der Waals surface area contributed by atoms with Crippen molar-refractivity contribution in [3.8, 4) is 0 Å². The van der Waals surface area contributed by atoms with Gasteiger partial charge >= 0.3 is 0 Å². The monoisotopic (exact) mass is 277 g/mol. The lowest BCUT2D eigenvalue weighted by Crippen LogP contribution is -2.19. The summed E-state index contributed by atoms with van der Waals surface area (Å²) in [4.78, 5) is 15.0. The van der Waals surface area contributed by atoms with E-state index in [0.717, 1.165) is 24.8 Å². The first-order valence-corrected chi connectivity index (χ1v) is 7.24. The molecule has 18 heavy (non-hydrogen) atoms. The zero-order valence-electron chi connectivity index (χ0n) is 12.4. The molecule has 0 radical (unpaired) electrons. The molecule has 0 N–H and O–H groups in total. The highest BCUT2D eigenvalue weighted by Gasteiger charge is 2.16. The van der Waals surface area contributed by atoms with Crippen molar-refractivity contribution >= 4 is 23.6 Å². The van der Waals surface area contributed by atoms with Gasteiger partial charge in [-0.2, -0.15) is 0 Å². The largest absolute Gasteiger partial charge is 0.383 e. The van der Waals surface area contributed by atoms with Crippen molar-refractivity contribution in [1.29, 1.82) is 0 Å². The molecule has 0 aliphatic carbocycles. The number of halogens is 1. The van der Waals surface area contributed by atoms with E-state index in [1.807, 2.05) is 13.8 Å². The molecular formula is C14H28ClNO2. The summed E-state index contributed by atoms with van der Waals surface area (Å²) in [6.07, 6.45) is 3.36. The fraction of sp³-hybridized carbons (Fsp3) is 0.857. The average Bonchev–Trinajstić information content (AvgIpc) is 2.43. The normalized spacial score (nSPS) is 14.4. The van der Waals surface area contributed by atoms with E-state index < -0.39 is 5.38 Å². The van der Waals surface area contributed by atoms with E-state index in [4.69, 9.17) is 16.3 Å². The van der Waals surface area contributed by atoms with Gasteiger partial charge in [-0.1, -0.05) is 27.7 Å². The number of alkyl halides is 1. The number of aliphatic imine (C=N–C) groups is 1. The summed E-state index contributed by atoms with van der Waals surface area (Å²) < 4.78 is 4.96. The van der Waals surface area contributed by atoms with Gasteiger partial charge in [-0.3, -0.25) is 4.99 Å². The second-order valence-corrected chi connectivity index (χ2v) is 4.27. The van der Waals surface area contributed by atoms with Crippen molar-refractivity contribution in [2.45, 2.75) is 52.3 Å². The minimum absolute atomic E-state index is 0.314. The number of rotatable bonds is 9. The lowest BCUT2D eigenvalue weighted by atomic mass is 9.93. The van der Waals surface area contributed by atoms with Gasteiger partial charge in [0, 0.05) is 12.8 Å². The highest BCUT2D eigenvalue weighted by molar-refractivity contribution is 6.27. The van der Waals surface area contributed by atoms with Crippen LogP contribution in [0.25, 0.3) is 0 Å². The predicted octanol–water partition coefficient (Wildman–Crippen LogP) is 3.73. The lowest BCUT2D eigenvalue weighted by molar-refractivity contribution is -0.107. The molecule has 0 aliphatic heterocycles. The number of methoxy groups -OCH3 is 1. The molecule has 0 aliphatic rings. The highest BCUT2D eigenvalue weighted by Crippen LogP contribution is 2.17. The van der Waals surface area contributed by atoms with Crippen molar-refractivity contribution in [2.75, 3.05) is 20.3 Å². The van der Waals surface area contributed by atoms with Gasteiger partial charge in [0.05, 0.1) is 18.5 Å². The molecule has 0 fully saturated rings. The molecule has 0 rings (SSSR count). The Labute approximate surface area is 117 Å². The van der Waals surface area contributed by atoms with Crippen LogP contribution in [0.2, 0.25) is 0 Å². The second kappa shape index (κ2) is 14.7. The summed E-state index contributed by atoms with van der Waals surface area (Å²) in [7, 11) is 1.67. The molecule has 2 atom stereocenters. The Morgan fingerprint density at radius 3 is 2.39 bits per heavy atom. The smallest absolute Gasteiger partial charge is 0.137 e. The number of aldehydes is 1. The maximum atomic E-state index is 10.5. The van der Waals surface area contributed by atoms with Gasteiger partial charge in [-0.15, -0.1) is 11.6 Å². The van der Waals surface area contributed by atoms with E-state index in [0.29, 0.717) is 25.5 Å². The molecule has 4 heteroatoms. The molecule has 0 aromatic heterocycles. The Morgan fingerprint density at radius 2 is 2.00 bits per heavy atom. The minimum Gasteiger partial charge on any atom is -0.383 e. The van der Waals surface area contributed by atoms with Crippen LogP contribution >= 0.6 is 11.6 Å². The summed E-state index contributed by atoms with van der Waals surface area (Å²) in [5, 5.41) is -0.399.